The number of hydrogen-bond donors (Lipinski definition) is 2. The molecular formula is C14H19ClF2N2O2. The molecular weight excluding hydrogens is 302 g/mol. The van der Waals surface area contributed by atoms with Gasteiger partial charge in [0.05, 0.1) is 0 Å². The van der Waals surface area contributed by atoms with Gasteiger partial charge in [0.25, 0.3) is 0 Å². The van der Waals surface area contributed by atoms with Crippen molar-refractivity contribution in [2.45, 2.75) is 32.3 Å². The first kappa shape index (κ1) is 17.7. The molecule has 0 aliphatic carbocycles. The van der Waals surface area contributed by atoms with Gasteiger partial charge in [0, 0.05) is 19.0 Å². The quantitative estimate of drug-likeness (QED) is 0.837. The molecule has 0 aromatic heterocycles. The summed E-state index contributed by atoms with van der Waals surface area (Å²) in [7, 11) is 0. The number of nitrogens with two attached hydrogens (primary N) is 1. The Morgan fingerprint density at radius 2 is 2.05 bits per heavy atom. The van der Waals surface area contributed by atoms with Crippen molar-refractivity contribution >= 4 is 17.7 Å². The van der Waals surface area contributed by atoms with Crippen LogP contribution in [0.3, 0.4) is 0 Å². The number of carbonyl (C=O) groups excluding carboxylic acids is 1. The van der Waals surface area contributed by atoms with Crippen LogP contribution in [0.15, 0.2) is 12.1 Å². The van der Waals surface area contributed by atoms with Crippen LogP contribution in [0, 0.1) is 11.6 Å². The highest BCUT2D eigenvalue weighted by Crippen LogP contribution is 2.26. The van der Waals surface area contributed by atoms with Crippen molar-refractivity contribution in [3.63, 3.8) is 0 Å². The minimum Gasteiger partial charge on any atom is -0.444 e. The van der Waals surface area contributed by atoms with E-state index in [2.05, 4.69) is 5.32 Å². The van der Waals surface area contributed by atoms with E-state index >= 15 is 0 Å². The van der Waals surface area contributed by atoms with E-state index in [1.54, 1.807) is 20.8 Å². The molecule has 0 saturated carbocycles. The predicted octanol–water partition coefficient (Wildman–Crippen LogP) is 3.19. The van der Waals surface area contributed by atoms with Crippen LogP contribution in [0.25, 0.3) is 0 Å². The second-order valence-electron chi connectivity index (χ2n) is 5.58. The lowest BCUT2D eigenvalue weighted by molar-refractivity contribution is 0.0524. The Morgan fingerprint density at radius 1 is 1.43 bits per heavy atom. The third-order valence-corrected chi connectivity index (χ3v) is 3.03. The third-order valence-electron chi connectivity index (χ3n) is 2.68. The fourth-order valence-corrected chi connectivity index (χ4v) is 1.87. The Labute approximate surface area is 127 Å². The maximum absolute atomic E-state index is 13.9. The maximum Gasteiger partial charge on any atom is 0.407 e. The average molecular weight is 321 g/mol. The van der Waals surface area contributed by atoms with E-state index < -0.39 is 34.3 Å². The van der Waals surface area contributed by atoms with Crippen molar-refractivity contribution in [1.29, 1.82) is 0 Å². The SMILES string of the molecule is CC(C)(C)OC(=O)NCC(CN)c1ccc(F)c(Cl)c1F. The molecule has 1 atom stereocenters. The predicted molar refractivity (Wildman–Crippen MR) is 77.4 cm³/mol. The summed E-state index contributed by atoms with van der Waals surface area (Å²) in [5.41, 5.74) is 5.10. The molecule has 1 amide bonds. The highest BCUT2D eigenvalue weighted by atomic mass is 35.5. The molecule has 118 valence electrons. The highest BCUT2D eigenvalue weighted by molar-refractivity contribution is 6.30. The van der Waals surface area contributed by atoms with Crippen molar-refractivity contribution in [3.05, 3.63) is 34.4 Å². The Hall–Kier alpha value is -1.40. The minimum absolute atomic E-state index is 0.0598. The van der Waals surface area contributed by atoms with Gasteiger partial charge in [-0.1, -0.05) is 17.7 Å². The van der Waals surface area contributed by atoms with E-state index in [4.69, 9.17) is 22.1 Å². The van der Waals surface area contributed by atoms with Gasteiger partial charge < -0.3 is 15.8 Å². The zero-order valence-corrected chi connectivity index (χ0v) is 12.9. The van der Waals surface area contributed by atoms with Crippen molar-refractivity contribution in [3.8, 4) is 0 Å². The van der Waals surface area contributed by atoms with E-state index in [0.29, 0.717) is 0 Å². The second-order valence-corrected chi connectivity index (χ2v) is 5.96. The van der Waals surface area contributed by atoms with Crippen LogP contribution < -0.4 is 11.1 Å². The molecule has 0 spiro atoms. The number of alkyl carbamates (subject to hydrolysis) is 1. The number of nitrogens with one attached hydrogen (secondary N) is 1. The van der Waals surface area contributed by atoms with Crippen LogP contribution in [0.5, 0.6) is 0 Å². The van der Waals surface area contributed by atoms with E-state index in [-0.39, 0.29) is 18.7 Å². The summed E-state index contributed by atoms with van der Waals surface area (Å²) >= 11 is 5.53. The Kier molecular flexibility index (Phi) is 5.92. The van der Waals surface area contributed by atoms with Gasteiger partial charge >= 0.3 is 6.09 Å². The Morgan fingerprint density at radius 3 is 2.57 bits per heavy atom. The number of benzene rings is 1. The van der Waals surface area contributed by atoms with Gasteiger partial charge in [-0.3, -0.25) is 0 Å². The molecule has 0 saturated heterocycles. The standard InChI is InChI=1S/C14H19ClF2N2O2/c1-14(2,3)21-13(20)19-7-8(6-18)9-4-5-10(16)11(15)12(9)17/h4-5,8H,6-7,18H2,1-3H3,(H,19,20). The summed E-state index contributed by atoms with van der Waals surface area (Å²) in [6.07, 6.45) is -0.630. The van der Waals surface area contributed by atoms with Crippen molar-refractivity contribution in [2.75, 3.05) is 13.1 Å². The monoisotopic (exact) mass is 320 g/mol. The summed E-state index contributed by atoms with van der Waals surface area (Å²) in [6.45, 7) is 5.31. The molecule has 0 bridgehead atoms. The average Bonchev–Trinajstić information content (AvgIpc) is 2.36. The van der Waals surface area contributed by atoms with Gasteiger partial charge in [-0.15, -0.1) is 0 Å². The normalized spacial score (nSPS) is 12.9. The minimum atomic E-state index is -0.863. The number of halogens is 3. The molecule has 7 heteroatoms. The molecule has 0 aliphatic heterocycles. The number of carbonyl (C=O) groups is 1. The molecule has 21 heavy (non-hydrogen) atoms. The largest absolute Gasteiger partial charge is 0.444 e. The summed E-state index contributed by atoms with van der Waals surface area (Å²) < 4.78 is 32.1. The summed E-state index contributed by atoms with van der Waals surface area (Å²) in [6, 6.07) is 2.34. The lowest BCUT2D eigenvalue weighted by atomic mass is 9.98. The van der Waals surface area contributed by atoms with Crippen LogP contribution in [0.4, 0.5) is 13.6 Å². The maximum atomic E-state index is 13.9. The van der Waals surface area contributed by atoms with Crippen LogP contribution in [-0.4, -0.2) is 24.8 Å². The van der Waals surface area contributed by atoms with Gasteiger partial charge in [0.2, 0.25) is 0 Å². The molecule has 1 aromatic rings. The van der Waals surface area contributed by atoms with E-state index in [0.717, 1.165) is 6.07 Å². The zero-order chi connectivity index (χ0) is 16.2. The fourth-order valence-electron chi connectivity index (χ4n) is 1.70. The summed E-state index contributed by atoms with van der Waals surface area (Å²) in [5.74, 6) is -2.23. The van der Waals surface area contributed by atoms with Gasteiger partial charge in [-0.05, 0) is 32.4 Å². The number of hydrogen-bond acceptors (Lipinski definition) is 3. The molecule has 0 radical (unpaired) electrons. The third kappa shape index (κ3) is 5.13. The molecule has 1 aromatic carbocycles. The second kappa shape index (κ2) is 7.04. The number of ether oxygens (including phenoxy) is 1. The Bertz CT molecular complexity index is 518. The number of rotatable bonds is 4. The molecule has 0 aliphatic rings. The molecule has 1 rings (SSSR count). The molecule has 3 N–H and O–H groups in total. The zero-order valence-electron chi connectivity index (χ0n) is 12.2. The first-order valence-corrected chi connectivity index (χ1v) is 6.83. The van der Waals surface area contributed by atoms with Gasteiger partial charge in [0.15, 0.2) is 0 Å². The van der Waals surface area contributed by atoms with Crippen molar-refractivity contribution < 1.29 is 18.3 Å². The lowest BCUT2D eigenvalue weighted by Gasteiger charge is -2.22. The van der Waals surface area contributed by atoms with Gasteiger partial charge in [0.1, 0.15) is 22.3 Å². The van der Waals surface area contributed by atoms with Crippen LogP contribution >= 0.6 is 11.6 Å². The molecule has 1 unspecified atom stereocenters. The van der Waals surface area contributed by atoms with Gasteiger partial charge in [-0.2, -0.15) is 0 Å². The first-order chi connectivity index (χ1) is 9.65. The van der Waals surface area contributed by atoms with E-state index in [1.165, 1.54) is 6.07 Å². The van der Waals surface area contributed by atoms with Crippen LogP contribution in [0.1, 0.15) is 32.3 Å². The van der Waals surface area contributed by atoms with E-state index in [9.17, 15) is 13.6 Å². The smallest absolute Gasteiger partial charge is 0.407 e. The topological polar surface area (TPSA) is 64.3 Å². The number of amides is 1. The van der Waals surface area contributed by atoms with Crippen LogP contribution in [0.2, 0.25) is 5.02 Å². The highest BCUT2D eigenvalue weighted by Gasteiger charge is 2.21. The molecule has 0 fully saturated rings. The first-order valence-electron chi connectivity index (χ1n) is 6.46. The summed E-state index contributed by atoms with van der Waals surface area (Å²) in [4.78, 5) is 11.6. The van der Waals surface area contributed by atoms with E-state index in [1.807, 2.05) is 0 Å². The van der Waals surface area contributed by atoms with Crippen molar-refractivity contribution in [1.82, 2.24) is 5.32 Å². The molecule has 0 heterocycles. The Balaban J connectivity index is 2.77. The summed E-state index contributed by atoms with van der Waals surface area (Å²) in [5, 5.41) is 1.92. The molecule has 4 nitrogen and oxygen atoms in total. The van der Waals surface area contributed by atoms with Crippen LogP contribution in [-0.2, 0) is 4.74 Å². The van der Waals surface area contributed by atoms with Gasteiger partial charge in [-0.25, -0.2) is 13.6 Å². The lowest BCUT2D eigenvalue weighted by Crippen LogP contribution is -2.36. The fraction of sp³-hybridized carbons (Fsp3) is 0.500. The van der Waals surface area contributed by atoms with Crippen molar-refractivity contribution in [2.24, 2.45) is 5.73 Å².